The number of unbranched alkanes of at least 4 members (excludes halogenated alkanes) is 2. The van der Waals surface area contributed by atoms with Crippen LogP contribution in [0.2, 0.25) is 0 Å². The first kappa shape index (κ1) is 12.2. The maximum absolute atomic E-state index is 11.7. The van der Waals surface area contributed by atoms with Gasteiger partial charge < -0.3 is 0 Å². The molecule has 0 N–H and O–H groups in total. The van der Waals surface area contributed by atoms with Gasteiger partial charge in [0.25, 0.3) is 0 Å². The van der Waals surface area contributed by atoms with E-state index in [2.05, 4.69) is 0 Å². The molecule has 83 valence electrons. The first-order valence-corrected chi connectivity index (χ1v) is 6.68. The zero-order chi connectivity index (χ0) is 11.1. The standard InChI is InChI=1S/C11H15O3S/c12-9-5-2-6-10-15(13,14)11-7-3-1-4-8-11/h1,3-4,7-8H,2,5-6,9-10H2. The average molecular weight is 227 g/mol. The van der Waals surface area contributed by atoms with Crippen molar-refractivity contribution in [3.63, 3.8) is 0 Å². The molecule has 3 nitrogen and oxygen atoms in total. The summed E-state index contributed by atoms with van der Waals surface area (Å²) in [4.78, 5) is 0.368. The fourth-order valence-electron chi connectivity index (χ4n) is 1.32. The second kappa shape index (κ2) is 5.88. The van der Waals surface area contributed by atoms with Crippen LogP contribution in [0.3, 0.4) is 0 Å². The number of rotatable bonds is 6. The molecule has 0 unspecified atom stereocenters. The van der Waals surface area contributed by atoms with Gasteiger partial charge >= 0.3 is 0 Å². The Kier molecular flexibility index (Phi) is 4.78. The summed E-state index contributed by atoms with van der Waals surface area (Å²) in [6.45, 7) is -0.120. The van der Waals surface area contributed by atoms with Gasteiger partial charge in [-0.05, 0) is 25.0 Å². The van der Waals surface area contributed by atoms with Crippen molar-refractivity contribution in [3.05, 3.63) is 30.3 Å². The van der Waals surface area contributed by atoms with Gasteiger partial charge in [0, 0.05) is 0 Å². The molecule has 0 fully saturated rings. The highest BCUT2D eigenvalue weighted by Gasteiger charge is 2.12. The highest BCUT2D eigenvalue weighted by atomic mass is 32.2. The maximum Gasteiger partial charge on any atom is 0.178 e. The first-order chi connectivity index (χ1) is 7.17. The summed E-state index contributed by atoms with van der Waals surface area (Å²) in [5, 5.41) is 10.2. The molecular formula is C11H15O3S. The van der Waals surface area contributed by atoms with E-state index in [4.69, 9.17) is 0 Å². The first-order valence-electron chi connectivity index (χ1n) is 5.03. The summed E-state index contributed by atoms with van der Waals surface area (Å²) in [7, 11) is -3.14. The molecule has 0 saturated heterocycles. The van der Waals surface area contributed by atoms with Gasteiger partial charge in [-0.25, -0.2) is 13.5 Å². The van der Waals surface area contributed by atoms with Crippen LogP contribution in [-0.2, 0) is 14.9 Å². The lowest BCUT2D eigenvalue weighted by Gasteiger charge is -2.03. The van der Waals surface area contributed by atoms with Crippen LogP contribution < -0.4 is 0 Å². The normalized spacial score (nSPS) is 11.5. The zero-order valence-corrected chi connectivity index (χ0v) is 9.37. The van der Waals surface area contributed by atoms with Gasteiger partial charge in [-0.3, -0.25) is 0 Å². The summed E-state index contributed by atoms with van der Waals surface area (Å²) in [5.74, 6) is 0.136. The van der Waals surface area contributed by atoms with Crippen molar-refractivity contribution in [3.8, 4) is 0 Å². The minimum Gasteiger partial charge on any atom is -0.237 e. The van der Waals surface area contributed by atoms with Crippen LogP contribution in [0, 0.1) is 0 Å². The fourth-order valence-corrected chi connectivity index (χ4v) is 2.71. The minimum absolute atomic E-state index is 0.120. The molecule has 0 bridgehead atoms. The molecule has 0 heterocycles. The summed E-state index contributed by atoms with van der Waals surface area (Å²) in [5.41, 5.74) is 0. The van der Waals surface area contributed by atoms with Crippen molar-refractivity contribution in [2.45, 2.75) is 24.2 Å². The van der Waals surface area contributed by atoms with E-state index in [1.165, 1.54) is 0 Å². The van der Waals surface area contributed by atoms with Gasteiger partial charge in [0.05, 0.1) is 17.3 Å². The molecule has 1 aromatic rings. The number of benzene rings is 1. The molecule has 0 aliphatic carbocycles. The van der Waals surface area contributed by atoms with Crippen LogP contribution in [0.15, 0.2) is 35.2 Å². The molecule has 0 aliphatic rings. The third-order valence-corrected chi connectivity index (χ3v) is 3.98. The van der Waals surface area contributed by atoms with Crippen molar-refractivity contribution in [1.29, 1.82) is 0 Å². The molecule has 0 aromatic heterocycles. The second-order valence-electron chi connectivity index (χ2n) is 3.40. The summed E-state index contributed by atoms with van der Waals surface area (Å²) < 4.78 is 23.4. The van der Waals surface area contributed by atoms with E-state index in [0.29, 0.717) is 24.2 Å². The van der Waals surface area contributed by atoms with Crippen LogP contribution in [0.25, 0.3) is 0 Å². The quantitative estimate of drug-likeness (QED) is 0.698. The van der Waals surface area contributed by atoms with E-state index in [1.807, 2.05) is 0 Å². The van der Waals surface area contributed by atoms with Gasteiger partial charge in [-0.2, -0.15) is 0 Å². The topological polar surface area (TPSA) is 54.0 Å². The number of hydrogen-bond donors (Lipinski definition) is 0. The largest absolute Gasteiger partial charge is 0.237 e. The van der Waals surface area contributed by atoms with E-state index in [1.54, 1.807) is 30.3 Å². The Morgan fingerprint density at radius 2 is 1.60 bits per heavy atom. The molecule has 4 heteroatoms. The molecule has 0 spiro atoms. The Balaban J connectivity index is 2.53. The van der Waals surface area contributed by atoms with E-state index in [0.717, 1.165) is 0 Å². The van der Waals surface area contributed by atoms with E-state index in [9.17, 15) is 13.5 Å². The molecule has 1 radical (unpaired) electrons. The molecule has 0 atom stereocenters. The number of sulfone groups is 1. The number of hydrogen-bond acceptors (Lipinski definition) is 2. The predicted molar refractivity (Wildman–Crippen MR) is 57.9 cm³/mol. The molecule has 15 heavy (non-hydrogen) atoms. The van der Waals surface area contributed by atoms with Gasteiger partial charge in [0.2, 0.25) is 0 Å². The van der Waals surface area contributed by atoms with Gasteiger partial charge in [0.15, 0.2) is 9.84 Å². The average Bonchev–Trinajstić information content (AvgIpc) is 2.26. The van der Waals surface area contributed by atoms with Crippen LogP contribution in [-0.4, -0.2) is 20.8 Å². The molecule has 0 saturated carbocycles. The molecular weight excluding hydrogens is 212 g/mol. The van der Waals surface area contributed by atoms with Crippen LogP contribution in [0.4, 0.5) is 0 Å². The second-order valence-corrected chi connectivity index (χ2v) is 5.51. The Labute approximate surface area is 90.7 Å². The third-order valence-electron chi connectivity index (χ3n) is 2.16. The van der Waals surface area contributed by atoms with Crippen LogP contribution >= 0.6 is 0 Å². The lowest BCUT2D eigenvalue weighted by atomic mass is 10.3. The molecule has 1 rings (SSSR count). The zero-order valence-electron chi connectivity index (χ0n) is 8.56. The maximum atomic E-state index is 11.7. The summed E-state index contributed by atoms with van der Waals surface area (Å²) in [6, 6.07) is 8.41. The highest BCUT2D eigenvalue weighted by Crippen LogP contribution is 2.12. The summed E-state index contributed by atoms with van der Waals surface area (Å²) >= 11 is 0. The smallest absolute Gasteiger partial charge is 0.178 e. The highest BCUT2D eigenvalue weighted by molar-refractivity contribution is 7.91. The Morgan fingerprint density at radius 1 is 0.933 bits per heavy atom. The SMILES string of the molecule is [O]CCCCCS(=O)(=O)c1ccccc1. The van der Waals surface area contributed by atoms with E-state index >= 15 is 0 Å². The Morgan fingerprint density at radius 3 is 2.20 bits per heavy atom. The lowest BCUT2D eigenvalue weighted by Crippen LogP contribution is -2.06. The molecule has 0 aliphatic heterocycles. The van der Waals surface area contributed by atoms with Crippen LogP contribution in [0.1, 0.15) is 19.3 Å². The Hall–Kier alpha value is -0.870. The van der Waals surface area contributed by atoms with Gasteiger partial charge in [-0.15, -0.1) is 0 Å². The van der Waals surface area contributed by atoms with Crippen molar-refractivity contribution < 1.29 is 13.5 Å². The monoisotopic (exact) mass is 227 g/mol. The van der Waals surface area contributed by atoms with Crippen molar-refractivity contribution in [2.75, 3.05) is 12.4 Å². The fraction of sp³-hybridized carbons (Fsp3) is 0.455. The van der Waals surface area contributed by atoms with Gasteiger partial charge in [0.1, 0.15) is 0 Å². The molecule has 1 aromatic carbocycles. The van der Waals surface area contributed by atoms with Crippen molar-refractivity contribution in [2.24, 2.45) is 0 Å². The predicted octanol–water partition coefficient (Wildman–Crippen LogP) is 2.06. The van der Waals surface area contributed by atoms with Gasteiger partial charge in [-0.1, -0.05) is 24.6 Å². The molecule has 0 amide bonds. The van der Waals surface area contributed by atoms with E-state index in [-0.39, 0.29) is 12.4 Å². The van der Waals surface area contributed by atoms with Crippen molar-refractivity contribution >= 4 is 9.84 Å². The van der Waals surface area contributed by atoms with Crippen LogP contribution in [0.5, 0.6) is 0 Å². The third kappa shape index (κ3) is 4.01. The lowest BCUT2D eigenvalue weighted by molar-refractivity contribution is 0.186. The van der Waals surface area contributed by atoms with E-state index < -0.39 is 9.84 Å². The van der Waals surface area contributed by atoms with Crippen molar-refractivity contribution in [1.82, 2.24) is 0 Å². The summed E-state index contributed by atoms with van der Waals surface area (Å²) in [6.07, 6.45) is 1.82. The Bertz CT molecular complexity index is 370. The minimum atomic E-state index is -3.14.